The Kier molecular flexibility index (Phi) is 17.5. The number of oxime groups is 1. The van der Waals surface area contributed by atoms with E-state index in [1.54, 1.807) is 11.1 Å². The molecule has 2 aliphatic rings. The van der Waals surface area contributed by atoms with Crippen LogP contribution in [0.3, 0.4) is 0 Å². The molecule has 1 saturated heterocycles. The zero-order chi connectivity index (χ0) is 43.4. The van der Waals surface area contributed by atoms with Gasteiger partial charge in [-0.1, -0.05) is 105 Å². The summed E-state index contributed by atoms with van der Waals surface area (Å²) in [7, 11) is 1.42. The monoisotopic (exact) mass is 823 g/mol. The standard InChI is InChI=1S/C42H65N9O6S/c1-25(2)31-37(53)50-34(41(5,6)7)36(44-24-30(52)51-21-18-26(3)33(51)39(55)47-31)49-35(42(8,9)10)40(56)48-32(27(4)28-15-13-12-14-16-28)38(54)46-29(17-19-45-57-11)23-43-20-22-58/h12-16,19-20,22-23,25-27,29,31-35,58H,17-18,21,24H2,1-11H3,(H,44,49)(H,46,54)(H,47,55)(H,48,56)(H,50,53)/b22-20-,43-23?,45-19+/t26-,27+,29-,31+,32?,33+,34?,35?/m1/s1. The first-order valence-electron chi connectivity index (χ1n) is 19.9. The van der Waals surface area contributed by atoms with Gasteiger partial charge in [0.15, 0.2) is 0 Å². The minimum absolute atomic E-state index is 0.116. The highest BCUT2D eigenvalue weighted by Crippen LogP contribution is 2.28. The van der Waals surface area contributed by atoms with Gasteiger partial charge in [-0.2, -0.15) is 0 Å². The molecule has 5 amide bonds. The van der Waals surface area contributed by atoms with Gasteiger partial charge in [-0.05, 0) is 40.1 Å². The SMILES string of the molecule is CO/N=C/C[C@H](C=N/C=C\S)NC(=O)C(NC(=O)C(NC1=NCC(=O)N2CC[C@@H](C)[C@H]2C(=O)N[C@@H](C(C)C)C(=O)NC1C(C)(C)C)C(C)(C)C)[C@@H](C)c1ccccc1. The fourth-order valence-corrected chi connectivity index (χ4v) is 7.15. The third kappa shape index (κ3) is 13.1. The molecule has 0 spiro atoms. The van der Waals surface area contributed by atoms with Gasteiger partial charge in [0.2, 0.25) is 29.5 Å². The van der Waals surface area contributed by atoms with E-state index in [9.17, 15) is 24.0 Å². The van der Waals surface area contributed by atoms with E-state index in [-0.39, 0.29) is 42.5 Å². The summed E-state index contributed by atoms with van der Waals surface area (Å²) >= 11 is 4.05. The van der Waals surface area contributed by atoms with Crippen LogP contribution in [0, 0.1) is 22.7 Å². The number of carbonyl (C=O) groups is 5. The molecule has 2 aliphatic heterocycles. The van der Waals surface area contributed by atoms with Gasteiger partial charge in [0.05, 0.1) is 12.1 Å². The highest BCUT2D eigenvalue weighted by Gasteiger charge is 2.44. The first-order chi connectivity index (χ1) is 27.2. The summed E-state index contributed by atoms with van der Waals surface area (Å²) in [5.41, 5.74) is -0.635. The van der Waals surface area contributed by atoms with Crippen LogP contribution in [0.1, 0.15) is 93.6 Å². The predicted molar refractivity (Wildman–Crippen MR) is 232 cm³/mol. The summed E-state index contributed by atoms with van der Waals surface area (Å²) in [6, 6.07) is 4.26. The lowest BCUT2D eigenvalue weighted by atomic mass is 9.82. The van der Waals surface area contributed by atoms with Gasteiger partial charge in [0, 0.05) is 37.5 Å². The van der Waals surface area contributed by atoms with Crippen LogP contribution in [0.5, 0.6) is 0 Å². The van der Waals surface area contributed by atoms with Crippen LogP contribution < -0.4 is 26.6 Å². The third-order valence-electron chi connectivity index (χ3n) is 10.5. The van der Waals surface area contributed by atoms with E-state index in [0.29, 0.717) is 13.0 Å². The van der Waals surface area contributed by atoms with E-state index < -0.39 is 70.7 Å². The van der Waals surface area contributed by atoms with Gasteiger partial charge >= 0.3 is 0 Å². The minimum Gasteiger partial charge on any atom is -0.399 e. The molecule has 3 rings (SSSR count). The van der Waals surface area contributed by atoms with Gasteiger partial charge in [-0.25, -0.2) is 0 Å². The lowest BCUT2D eigenvalue weighted by molar-refractivity contribution is -0.140. The third-order valence-corrected chi connectivity index (χ3v) is 10.6. The Bertz CT molecular complexity index is 1700. The highest BCUT2D eigenvalue weighted by atomic mass is 32.1. The van der Waals surface area contributed by atoms with E-state index >= 15 is 0 Å². The van der Waals surface area contributed by atoms with E-state index in [0.717, 1.165) is 5.56 Å². The number of carbonyl (C=O) groups excluding carboxylic acids is 5. The van der Waals surface area contributed by atoms with E-state index in [1.165, 1.54) is 24.9 Å². The molecular weight excluding hydrogens is 759 g/mol. The molecule has 1 aromatic rings. The molecule has 58 heavy (non-hydrogen) atoms. The smallest absolute Gasteiger partial charge is 0.244 e. The van der Waals surface area contributed by atoms with Gasteiger partial charge in [-0.3, -0.25) is 34.0 Å². The Morgan fingerprint density at radius 1 is 1.02 bits per heavy atom. The highest BCUT2D eigenvalue weighted by molar-refractivity contribution is 7.83. The van der Waals surface area contributed by atoms with E-state index in [1.807, 2.05) is 99.6 Å². The molecule has 0 bridgehead atoms. The second kappa shape index (κ2) is 21.3. The lowest BCUT2D eigenvalue weighted by Gasteiger charge is -2.39. The topological polar surface area (TPSA) is 195 Å². The molecule has 5 N–H and O–H groups in total. The lowest BCUT2D eigenvalue weighted by Crippen LogP contribution is -2.65. The molecular formula is C42H65N9O6S. The van der Waals surface area contributed by atoms with Crippen molar-refractivity contribution < 1.29 is 28.8 Å². The van der Waals surface area contributed by atoms with Crippen LogP contribution in [0.25, 0.3) is 0 Å². The number of aliphatic imine (C=N–C) groups is 2. The Labute approximate surface area is 349 Å². The van der Waals surface area contributed by atoms with Crippen molar-refractivity contribution in [1.82, 2.24) is 31.5 Å². The quantitative estimate of drug-likeness (QED) is 0.0994. The molecule has 0 radical (unpaired) electrons. The number of benzene rings is 1. The van der Waals surface area contributed by atoms with Crippen molar-refractivity contribution in [3.63, 3.8) is 0 Å². The second-order valence-electron chi connectivity index (χ2n) is 17.6. The Morgan fingerprint density at radius 2 is 1.69 bits per heavy atom. The van der Waals surface area contributed by atoms with Crippen molar-refractivity contribution in [2.45, 2.75) is 124 Å². The summed E-state index contributed by atoms with van der Waals surface area (Å²) < 4.78 is 0. The number of hydrogen-bond acceptors (Lipinski definition) is 11. The van der Waals surface area contributed by atoms with Crippen LogP contribution >= 0.6 is 12.6 Å². The van der Waals surface area contributed by atoms with Crippen molar-refractivity contribution in [3.05, 3.63) is 47.5 Å². The number of rotatable bonds is 13. The van der Waals surface area contributed by atoms with Crippen LogP contribution in [0.4, 0.5) is 0 Å². The first kappa shape index (κ1) is 47.6. The molecule has 15 nitrogen and oxygen atoms in total. The zero-order valence-corrected chi connectivity index (χ0v) is 36.8. The molecule has 2 heterocycles. The average Bonchev–Trinajstić information content (AvgIpc) is 3.54. The van der Waals surface area contributed by atoms with Crippen molar-refractivity contribution in [1.29, 1.82) is 0 Å². The zero-order valence-electron chi connectivity index (χ0n) is 35.9. The number of nitrogens with one attached hydrogen (secondary N) is 5. The van der Waals surface area contributed by atoms with Crippen LogP contribution in [0.15, 0.2) is 57.1 Å². The number of fused-ring (bicyclic) bond motifs is 1. The van der Waals surface area contributed by atoms with Gasteiger partial charge in [0.25, 0.3) is 0 Å². The molecule has 1 fully saturated rings. The minimum atomic E-state index is -1.06. The molecule has 16 heteroatoms. The molecule has 0 aromatic heterocycles. The van der Waals surface area contributed by atoms with Crippen LogP contribution in [0.2, 0.25) is 0 Å². The maximum atomic E-state index is 14.7. The van der Waals surface area contributed by atoms with Gasteiger partial charge in [-0.15, -0.1) is 12.6 Å². The van der Waals surface area contributed by atoms with E-state index in [4.69, 9.17) is 9.83 Å². The molecule has 0 saturated carbocycles. The summed E-state index contributed by atoms with van der Waals surface area (Å²) in [4.78, 5) is 86.0. The molecule has 320 valence electrons. The number of thiol groups is 1. The Hall–Kier alpha value is -4.73. The maximum Gasteiger partial charge on any atom is 0.244 e. The van der Waals surface area contributed by atoms with Crippen LogP contribution in [-0.4, -0.2) is 109 Å². The summed E-state index contributed by atoms with van der Waals surface area (Å²) in [5, 5.41) is 20.7. The van der Waals surface area contributed by atoms with Crippen LogP contribution in [-0.2, 0) is 28.8 Å². The number of amidine groups is 1. The molecule has 0 aliphatic carbocycles. The number of hydrogen-bond donors (Lipinski definition) is 6. The molecule has 1 aromatic carbocycles. The largest absolute Gasteiger partial charge is 0.399 e. The number of amides is 5. The number of nitrogens with zero attached hydrogens (tertiary/aromatic N) is 4. The summed E-state index contributed by atoms with van der Waals surface area (Å²) in [6.45, 7) is 18.9. The van der Waals surface area contributed by atoms with Crippen molar-refractivity contribution in [2.75, 3.05) is 20.2 Å². The van der Waals surface area contributed by atoms with Gasteiger partial charge in [0.1, 0.15) is 43.7 Å². The Balaban J connectivity index is 2.11. The maximum absolute atomic E-state index is 14.7. The van der Waals surface area contributed by atoms with Crippen molar-refractivity contribution >= 4 is 60.4 Å². The van der Waals surface area contributed by atoms with E-state index in [2.05, 4.69) is 49.4 Å². The fourth-order valence-electron chi connectivity index (χ4n) is 7.07. The normalized spacial score (nSPS) is 23.3. The summed E-state index contributed by atoms with van der Waals surface area (Å²) in [6.07, 6.45) is 5.41. The van der Waals surface area contributed by atoms with Gasteiger partial charge < -0.3 is 36.3 Å². The van der Waals surface area contributed by atoms with Crippen molar-refractivity contribution in [2.24, 2.45) is 37.8 Å². The average molecular weight is 824 g/mol. The second-order valence-corrected chi connectivity index (χ2v) is 17.9. The molecule has 3 unspecified atom stereocenters. The molecule has 8 atom stereocenters. The summed E-state index contributed by atoms with van der Waals surface area (Å²) in [5.74, 6) is -2.73. The Morgan fingerprint density at radius 3 is 2.28 bits per heavy atom. The fraction of sp³-hybridized carbons (Fsp3) is 0.619. The van der Waals surface area contributed by atoms with Crippen molar-refractivity contribution in [3.8, 4) is 0 Å². The predicted octanol–water partition coefficient (Wildman–Crippen LogP) is 3.58. The first-order valence-corrected chi connectivity index (χ1v) is 20.5.